The molecule has 0 atom stereocenters. The first-order valence-electron chi connectivity index (χ1n) is 7.11. The maximum absolute atomic E-state index is 5.48. The van der Waals surface area contributed by atoms with E-state index >= 15 is 0 Å². The Morgan fingerprint density at radius 3 is 2.38 bits per heavy atom. The zero-order valence-corrected chi connectivity index (χ0v) is 12.6. The van der Waals surface area contributed by atoms with E-state index < -0.39 is 0 Å². The van der Waals surface area contributed by atoms with Gasteiger partial charge in [-0.1, -0.05) is 6.42 Å². The van der Waals surface area contributed by atoms with E-state index in [1.807, 2.05) is 18.2 Å². The lowest BCUT2D eigenvalue weighted by Crippen LogP contribution is -1.98. The summed E-state index contributed by atoms with van der Waals surface area (Å²) in [6.07, 6.45) is 4.11. The average Bonchev–Trinajstić information content (AvgIpc) is 3.00. The number of rotatable bonds is 8. The predicted octanol–water partition coefficient (Wildman–Crippen LogP) is 2.16. The van der Waals surface area contributed by atoms with Crippen LogP contribution in [0, 0.1) is 0 Å². The summed E-state index contributed by atoms with van der Waals surface area (Å²) in [7, 11) is 3.25. The second-order valence-electron chi connectivity index (χ2n) is 4.81. The molecule has 0 aliphatic heterocycles. The highest BCUT2D eigenvalue weighted by Crippen LogP contribution is 2.27. The van der Waals surface area contributed by atoms with Crippen molar-refractivity contribution in [3.8, 4) is 22.9 Å². The highest BCUT2D eigenvalue weighted by Gasteiger charge is 2.09. The minimum absolute atomic E-state index is 0.654. The number of hydrogen-bond acceptors (Lipinski definition) is 5. The Morgan fingerprint density at radius 2 is 1.76 bits per heavy atom. The third-order valence-corrected chi connectivity index (χ3v) is 3.26. The standard InChI is InChI=1S/C15H22N4O2/c1-20-12-8-11(9-13(10-12)21-2)15-17-14(18-19-15)6-4-3-5-7-16/h8-10H,3-7,16H2,1-2H3,(H,17,18,19). The molecule has 0 aliphatic carbocycles. The summed E-state index contributed by atoms with van der Waals surface area (Å²) in [5.41, 5.74) is 6.35. The van der Waals surface area contributed by atoms with Crippen LogP contribution in [0.5, 0.6) is 11.5 Å². The second-order valence-corrected chi connectivity index (χ2v) is 4.81. The van der Waals surface area contributed by atoms with Crippen molar-refractivity contribution in [2.75, 3.05) is 20.8 Å². The summed E-state index contributed by atoms with van der Waals surface area (Å²) < 4.78 is 10.5. The van der Waals surface area contributed by atoms with Crippen LogP contribution in [-0.2, 0) is 6.42 Å². The lowest BCUT2D eigenvalue weighted by Gasteiger charge is -2.06. The molecule has 0 saturated carbocycles. The molecule has 6 heteroatoms. The van der Waals surface area contributed by atoms with Crippen molar-refractivity contribution < 1.29 is 9.47 Å². The molecule has 1 aromatic carbocycles. The molecule has 0 amide bonds. The van der Waals surface area contributed by atoms with Crippen LogP contribution in [0.3, 0.4) is 0 Å². The number of H-pyrrole nitrogens is 1. The first kappa shape index (κ1) is 15.3. The number of aryl methyl sites for hydroxylation is 1. The van der Waals surface area contributed by atoms with E-state index in [9.17, 15) is 0 Å². The zero-order valence-electron chi connectivity index (χ0n) is 12.6. The van der Waals surface area contributed by atoms with Gasteiger partial charge in [0.15, 0.2) is 5.82 Å². The number of methoxy groups -OCH3 is 2. The minimum Gasteiger partial charge on any atom is -0.497 e. The number of benzene rings is 1. The van der Waals surface area contributed by atoms with E-state index in [1.165, 1.54) is 0 Å². The summed E-state index contributed by atoms with van der Waals surface area (Å²) in [6, 6.07) is 5.61. The van der Waals surface area contributed by atoms with Crippen LogP contribution in [0.4, 0.5) is 0 Å². The Bertz CT molecular complexity index is 546. The van der Waals surface area contributed by atoms with Crippen molar-refractivity contribution in [2.45, 2.75) is 25.7 Å². The highest BCUT2D eigenvalue weighted by atomic mass is 16.5. The van der Waals surface area contributed by atoms with E-state index in [4.69, 9.17) is 15.2 Å². The first-order chi connectivity index (χ1) is 10.3. The SMILES string of the molecule is COc1cc(OC)cc(-c2n[nH]c(CCCCCN)n2)c1. The Labute approximate surface area is 124 Å². The van der Waals surface area contributed by atoms with E-state index in [2.05, 4.69) is 15.2 Å². The van der Waals surface area contributed by atoms with Gasteiger partial charge in [-0.2, -0.15) is 5.10 Å². The van der Waals surface area contributed by atoms with E-state index in [0.29, 0.717) is 5.82 Å². The van der Waals surface area contributed by atoms with Crippen LogP contribution in [0.2, 0.25) is 0 Å². The lowest BCUT2D eigenvalue weighted by molar-refractivity contribution is 0.394. The molecule has 21 heavy (non-hydrogen) atoms. The molecule has 0 fully saturated rings. The van der Waals surface area contributed by atoms with Gasteiger partial charge in [0.05, 0.1) is 14.2 Å². The molecule has 0 aliphatic rings. The number of nitrogens with one attached hydrogen (secondary N) is 1. The summed E-state index contributed by atoms with van der Waals surface area (Å²) in [5.74, 6) is 2.99. The quantitative estimate of drug-likeness (QED) is 0.728. The molecule has 1 aromatic heterocycles. The number of aromatic amines is 1. The molecule has 1 heterocycles. The molecule has 6 nitrogen and oxygen atoms in total. The van der Waals surface area contributed by atoms with Gasteiger partial charge in [0.25, 0.3) is 0 Å². The first-order valence-corrected chi connectivity index (χ1v) is 7.11. The van der Waals surface area contributed by atoms with Gasteiger partial charge < -0.3 is 15.2 Å². The van der Waals surface area contributed by atoms with E-state index in [0.717, 1.165) is 55.1 Å². The summed E-state index contributed by atoms with van der Waals surface area (Å²) in [5, 5.41) is 7.25. The molecule has 0 saturated heterocycles. The Balaban J connectivity index is 2.09. The Morgan fingerprint density at radius 1 is 1.05 bits per heavy atom. The van der Waals surface area contributed by atoms with Crippen molar-refractivity contribution in [1.29, 1.82) is 0 Å². The van der Waals surface area contributed by atoms with Crippen molar-refractivity contribution in [3.05, 3.63) is 24.0 Å². The van der Waals surface area contributed by atoms with Gasteiger partial charge >= 0.3 is 0 Å². The summed E-state index contributed by atoms with van der Waals surface area (Å²) >= 11 is 0. The highest BCUT2D eigenvalue weighted by molar-refractivity contribution is 5.60. The third kappa shape index (κ3) is 4.19. The van der Waals surface area contributed by atoms with Crippen molar-refractivity contribution in [3.63, 3.8) is 0 Å². The number of aromatic nitrogens is 3. The maximum Gasteiger partial charge on any atom is 0.181 e. The Hall–Kier alpha value is -2.08. The van der Waals surface area contributed by atoms with Crippen LogP contribution in [0.15, 0.2) is 18.2 Å². The second kappa shape index (κ2) is 7.64. The fraction of sp³-hybridized carbons (Fsp3) is 0.467. The number of nitrogens with two attached hydrogens (primary N) is 1. The third-order valence-electron chi connectivity index (χ3n) is 3.26. The molecule has 2 rings (SSSR count). The molecule has 114 valence electrons. The summed E-state index contributed by atoms with van der Waals surface area (Å²) in [6.45, 7) is 0.741. The zero-order chi connectivity index (χ0) is 15.1. The van der Waals surface area contributed by atoms with Gasteiger partial charge in [-0.05, 0) is 31.5 Å². The minimum atomic E-state index is 0.654. The smallest absolute Gasteiger partial charge is 0.181 e. The van der Waals surface area contributed by atoms with Crippen LogP contribution in [0.1, 0.15) is 25.1 Å². The van der Waals surface area contributed by atoms with Crippen LogP contribution in [-0.4, -0.2) is 35.9 Å². The normalized spacial score (nSPS) is 10.6. The fourth-order valence-electron chi connectivity index (χ4n) is 2.09. The number of ether oxygens (including phenoxy) is 2. The lowest BCUT2D eigenvalue weighted by atomic mass is 10.2. The van der Waals surface area contributed by atoms with E-state index in [1.54, 1.807) is 14.2 Å². The fourth-order valence-corrected chi connectivity index (χ4v) is 2.09. The molecule has 2 aromatic rings. The van der Waals surface area contributed by atoms with Gasteiger partial charge in [-0.25, -0.2) is 4.98 Å². The summed E-state index contributed by atoms with van der Waals surface area (Å²) in [4.78, 5) is 4.52. The number of hydrogen-bond donors (Lipinski definition) is 2. The van der Waals surface area contributed by atoms with Crippen molar-refractivity contribution in [2.24, 2.45) is 5.73 Å². The molecule has 0 bridgehead atoms. The number of nitrogens with zero attached hydrogens (tertiary/aromatic N) is 2. The molecule has 0 radical (unpaired) electrons. The molecule has 0 unspecified atom stereocenters. The van der Waals surface area contributed by atoms with Gasteiger partial charge in [-0.3, -0.25) is 5.10 Å². The van der Waals surface area contributed by atoms with Gasteiger partial charge in [-0.15, -0.1) is 0 Å². The van der Waals surface area contributed by atoms with Crippen LogP contribution >= 0.6 is 0 Å². The molecule has 0 spiro atoms. The van der Waals surface area contributed by atoms with Crippen LogP contribution in [0.25, 0.3) is 11.4 Å². The Kier molecular flexibility index (Phi) is 5.57. The van der Waals surface area contributed by atoms with Gasteiger partial charge in [0, 0.05) is 18.1 Å². The van der Waals surface area contributed by atoms with Gasteiger partial charge in [0.2, 0.25) is 0 Å². The number of unbranched alkanes of at least 4 members (excludes halogenated alkanes) is 2. The maximum atomic E-state index is 5.48. The predicted molar refractivity (Wildman–Crippen MR) is 81.5 cm³/mol. The van der Waals surface area contributed by atoms with Crippen molar-refractivity contribution >= 4 is 0 Å². The molecule has 3 N–H and O–H groups in total. The largest absolute Gasteiger partial charge is 0.497 e. The monoisotopic (exact) mass is 290 g/mol. The van der Waals surface area contributed by atoms with E-state index in [-0.39, 0.29) is 0 Å². The van der Waals surface area contributed by atoms with Crippen molar-refractivity contribution in [1.82, 2.24) is 15.2 Å². The average molecular weight is 290 g/mol. The van der Waals surface area contributed by atoms with Crippen LogP contribution < -0.4 is 15.2 Å². The topological polar surface area (TPSA) is 86.0 Å². The van der Waals surface area contributed by atoms with Gasteiger partial charge in [0.1, 0.15) is 17.3 Å². The molecular weight excluding hydrogens is 268 g/mol. The molecular formula is C15H22N4O2.